The summed E-state index contributed by atoms with van der Waals surface area (Å²) in [5, 5.41) is 2.58. The van der Waals surface area contributed by atoms with Gasteiger partial charge in [-0.15, -0.1) is 0 Å². The van der Waals surface area contributed by atoms with Crippen LogP contribution < -0.4 is 5.32 Å². The second kappa shape index (κ2) is 8.28. The molecular weight excluding hydrogens is 230 g/mol. The Labute approximate surface area is 107 Å². The maximum absolute atomic E-state index is 11.5. The molecule has 1 unspecified atom stereocenters. The molecule has 0 aliphatic rings. The van der Waals surface area contributed by atoms with Gasteiger partial charge in [0, 0.05) is 13.0 Å². The lowest BCUT2D eigenvalue weighted by molar-refractivity contribution is -0.146. The fourth-order valence-electron chi connectivity index (χ4n) is 1.57. The number of rotatable bonds is 8. The quantitative estimate of drug-likeness (QED) is 0.435. The summed E-state index contributed by atoms with van der Waals surface area (Å²) in [5.74, 6) is 0.0122. The number of benzene rings is 1. The molecule has 0 aromatic heterocycles. The average molecular weight is 249 g/mol. The lowest BCUT2D eigenvalue weighted by Crippen LogP contribution is -2.17. The third-order valence-corrected chi connectivity index (χ3v) is 2.62. The van der Waals surface area contributed by atoms with Crippen molar-refractivity contribution in [1.82, 2.24) is 5.32 Å². The molecule has 98 valence electrons. The summed E-state index contributed by atoms with van der Waals surface area (Å²) in [7, 11) is 0. The topological polar surface area (TPSA) is 55.4 Å². The average Bonchev–Trinajstić information content (AvgIpc) is 2.38. The number of carbonyl (C=O) groups is 2. The van der Waals surface area contributed by atoms with Gasteiger partial charge in [0.05, 0.1) is 0 Å². The molecule has 0 heterocycles. The summed E-state index contributed by atoms with van der Waals surface area (Å²) < 4.78 is 5.18. The van der Waals surface area contributed by atoms with E-state index in [1.165, 1.54) is 0 Å². The third-order valence-electron chi connectivity index (χ3n) is 2.62. The number of ether oxygens (including phenoxy) is 1. The summed E-state index contributed by atoms with van der Waals surface area (Å²) in [6.45, 7) is 2.88. The van der Waals surface area contributed by atoms with Crippen molar-refractivity contribution in [3.8, 4) is 0 Å². The molecule has 0 fully saturated rings. The van der Waals surface area contributed by atoms with Crippen LogP contribution in [0.3, 0.4) is 0 Å². The van der Waals surface area contributed by atoms with Crippen LogP contribution in [0.4, 0.5) is 0 Å². The second-order valence-electron chi connectivity index (χ2n) is 4.32. The van der Waals surface area contributed by atoms with Gasteiger partial charge in [0.1, 0.15) is 6.61 Å². The zero-order valence-corrected chi connectivity index (χ0v) is 10.6. The Balaban J connectivity index is 2.19. The van der Waals surface area contributed by atoms with E-state index in [2.05, 4.69) is 5.32 Å². The largest absolute Gasteiger partial charge is 0.461 e. The molecule has 1 atom stereocenters. The molecule has 0 saturated heterocycles. The van der Waals surface area contributed by atoms with Crippen LogP contribution in [-0.2, 0) is 20.9 Å². The minimum Gasteiger partial charge on any atom is -0.461 e. The van der Waals surface area contributed by atoms with Gasteiger partial charge in [-0.1, -0.05) is 37.3 Å². The summed E-state index contributed by atoms with van der Waals surface area (Å²) in [5.41, 5.74) is 0.987. The molecule has 1 N–H and O–H groups in total. The van der Waals surface area contributed by atoms with Gasteiger partial charge in [-0.25, -0.2) is 0 Å². The van der Waals surface area contributed by atoms with Crippen molar-refractivity contribution < 1.29 is 14.3 Å². The predicted molar refractivity (Wildman–Crippen MR) is 68.7 cm³/mol. The molecule has 1 amide bonds. The second-order valence-corrected chi connectivity index (χ2v) is 4.32. The molecule has 1 aromatic rings. The highest BCUT2D eigenvalue weighted by Gasteiger charge is 2.10. The molecule has 1 aromatic carbocycles. The number of hydrogen-bond acceptors (Lipinski definition) is 3. The Morgan fingerprint density at radius 1 is 1.39 bits per heavy atom. The monoisotopic (exact) mass is 249 g/mol. The highest BCUT2D eigenvalue weighted by Crippen LogP contribution is 2.09. The van der Waals surface area contributed by atoms with Crippen LogP contribution in [0.2, 0.25) is 0 Å². The van der Waals surface area contributed by atoms with Gasteiger partial charge >= 0.3 is 5.97 Å². The first-order valence-electron chi connectivity index (χ1n) is 6.09. The minimum absolute atomic E-state index is 0.197. The zero-order valence-electron chi connectivity index (χ0n) is 10.6. The van der Waals surface area contributed by atoms with Gasteiger partial charge in [0.25, 0.3) is 0 Å². The van der Waals surface area contributed by atoms with E-state index in [0.717, 1.165) is 12.0 Å². The minimum atomic E-state index is -0.197. The number of carbonyl (C=O) groups excluding carboxylic acids is 2. The van der Waals surface area contributed by atoms with Crippen LogP contribution in [-0.4, -0.2) is 18.9 Å². The standard InChI is InChI=1S/C14H19NO3/c1-12(7-8-15-11-16)9-14(17)18-10-13-5-3-2-4-6-13/h2-6,11-12H,7-10H2,1H3,(H,15,16). The van der Waals surface area contributed by atoms with Crippen molar-refractivity contribution in [2.24, 2.45) is 5.92 Å². The molecule has 0 aliphatic carbocycles. The fourth-order valence-corrected chi connectivity index (χ4v) is 1.57. The molecule has 1 rings (SSSR count). The van der Waals surface area contributed by atoms with Crippen molar-refractivity contribution in [3.05, 3.63) is 35.9 Å². The molecule has 18 heavy (non-hydrogen) atoms. The van der Waals surface area contributed by atoms with Crippen molar-refractivity contribution in [2.45, 2.75) is 26.4 Å². The smallest absolute Gasteiger partial charge is 0.306 e. The lowest BCUT2D eigenvalue weighted by atomic mass is 10.0. The van der Waals surface area contributed by atoms with Gasteiger partial charge in [-0.05, 0) is 17.9 Å². The van der Waals surface area contributed by atoms with Gasteiger partial charge in [0.15, 0.2) is 0 Å². The van der Waals surface area contributed by atoms with Crippen LogP contribution in [0.25, 0.3) is 0 Å². The van der Waals surface area contributed by atoms with Crippen molar-refractivity contribution in [2.75, 3.05) is 6.54 Å². The van der Waals surface area contributed by atoms with Gasteiger partial charge in [0.2, 0.25) is 6.41 Å². The Hall–Kier alpha value is -1.84. The van der Waals surface area contributed by atoms with Crippen LogP contribution in [0, 0.1) is 5.92 Å². The fraction of sp³-hybridized carbons (Fsp3) is 0.429. The van der Waals surface area contributed by atoms with Crippen LogP contribution >= 0.6 is 0 Å². The van der Waals surface area contributed by atoms with E-state index in [0.29, 0.717) is 26.0 Å². The van der Waals surface area contributed by atoms with Crippen LogP contribution in [0.1, 0.15) is 25.3 Å². The van der Waals surface area contributed by atoms with Crippen molar-refractivity contribution >= 4 is 12.4 Å². The predicted octanol–water partition coefficient (Wildman–Crippen LogP) is 1.89. The van der Waals surface area contributed by atoms with Crippen molar-refractivity contribution in [1.29, 1.82) is 0 Å². The molecule has 4 nitrogen and oxygen atoms in total. The van der Waals surface area contributed by atoms with E-state index in [-0.39, 0.29) is 11.9 Å². The molecule has 4 heteroatoms. The SMILES string of the molecule is CC(CCNC=O)CC(=O)OCc1ccccc1. The molecule has 0 aliphatic heterocycles. The Bertz CT molecular complexity index is 365. The number of esters is 1. The first-order valence-corrected chi connectivity index (χ1v) is 6.09. The zero-order chi connectivity index (χ0) is 13.2. The van der Waals surface area contributed by atoms with E-state index in [1.807, 2.05) is 37.3 Å². The maximum Gasteiger partial charge on any atom is 0.306 e. The normalized spacial score (nSPS) is 11.6. The first-order chi connectivity index (χ1) is 8.72. The molecule has 0 bridgehead atoms. The van der Waals surface area contributed by atoms with Gasteiger partial charge < -0.3 is 10.1 Å². The molecule has 0 radical (unpaired) electrons. The van der Waals surface area contributed by atoms with Crippen molar-refractivity contribution in [3.63, 3.8) is 0 Å². The van der Waals surface area contributed by atoms with Crippen LogP contribution in [0.5, 0.6) is 0 Å². The first kappa shape index (κ1) is 14.2. The summed E-state index contributed by atoms with van der Waals surface area (Å²) >= 11 is 0. The summed E-state index contributed by atoms with van der Waals surface area (Å²) in [4.78, 5) is 21.6. The van der Waals surface area contributed by atoms with Crippen LogP contribution in [0.15, 0.2) is 30.3 Å². The van der Waals surface area contributed by atoms with E-state index < -0.39 is 0 Å². The number of amides is 1. The molecule has 0 spiro atoms. The Kier molecular flexibility index (Phi) is 6.54. The highest BCUT2D eigenvalue weighted by atomic mass is 16.5. The Morgan fingerprint density at radius 3 is 2.78 bits per heavy atom. The van der Waals surface area contributed by atoms with E-state index >= 15 is 0 Å². The third kappa shape index (κ3) is 6.03. The lowest BCUT2D eigenvalue weighted by Gasteiger charge is -2.10. The molecule has 0 saturated carbocycles. The van der Waals surface area contributed by atoms with E-state index in [4.69, 9.17) is 4.74 Å². The number of nitrogens with one attached hydrogen (secondary N) is 1. The summed E-state index contributed by atoms with van der Waals surface area (Å²) in [6, 6.07) is 9.59. The number of hydrogen-bond donors (Lipinski definition) is 1. The van der Waals surface area contributed by atoms with E-state index in [1.54, 1.807) is 0 Å². The Morgan fingerprint density at radius 2 is 2.11 bits per heavy atom. The van der Waals surface area contributed by atoms with Gasteiger partial charge in [-0.2, -0.15) is 0 Å². The van der Waals surface area contributed by atoms with E-state index in [9.17, 15) is 9.59 Å². The highest BCUT2D eigenvalue weighted by molar-refractivity contribution is 5.69. The summed E-state index contributed by atoms with van der Waals surface area (Å²) in [6.07, 6.45) is 1.83. The maximum atomic E-state index is 11.5. The molecular formula is C14H19NO3. The van der Waals surface area contributed by atoms with Gasteiger partial charge in [-0.3, -0.25) is 9.59 Å².